The zero-order valence-corrected chi connectivity index (χ0v) is 10.4. The van der Waals surface area contributed by atoms with Gasteiger partial charge in [-0.25, -0.2) is 0 Å². The quantitative estimate of drug-likeness (QED) is 0.784. The second kappa shape index (κ2) is 8.98. The molecule has 15 heavy (non-hydrogen) atoms. The molecular formula is C11H17Cl2NO. The van der Waals surface area contributed by atoms with Crippen LogP contribution in [0.4, 0.5) is 0 Å². The van der Waals surface area contributed by atoms with Gasteiger partial charge in [-0.15, -0.1) is 12.4 Å². The third-order valence-corrected chi connectivity index (χ3v) is 2.20. The number of ether oxygens (including phenoxy) is 1. The fourth-order valence-electron chi connectivity index (χ4n) is 1.18. The summed E-state index contributed by atoms with van der Waals surface area (Å²) in [5, 5.41) is 4.12. The maximum absolute atomic E-state index is 5.78. The maximum atomic E-state index is 5.78. The summed E-state index contributed by atoms with van der Waals surface area (Å²) in [5.41, 5.74) is 1.26. The summed E-state index contributed by atoms with van der Waals surface area (Å²) in [6, 6.07) is 7.89. The van der Waals surface area contributed by atoms with Crippen molar-refractivity contribution in [3.63, 3.8) is 0 Å². The second-order valence-electron chi connectivity index (χ2n) is 3.15. The molecule has 86 valence electrons. The molecule has 1 rings (SSSR count). The summed E-state index contributed by atoms with van der Waals surface area (Å²) >= 11 is 5.78. The molecule has 0 aliphatic rings. The SMILES string of the molecule is COCCCNCc1ccc(Cl)cc1.Cl. The van der Waals surface area contributed by atoms with Crippen molar-refractivity contribution in [2.45, 2.75) is 13.0 Å². The van der Waals surface area contributed by atoms with E-state index in [9.17, 15) is 0 Å². The van der Waals surface area contributed by atoms with E-state index in [1.807, 2.05) is 24.3 Å². The number of halogens is 2. The van der Waals surface area contributed by atoms with Crippen LogP contribution < -0.4 is 5.32 Å². The number of hydrogen-bond acceptors (Lipinski definition) is 2. The molecule has 0 aliphatic heterocycles. The van der Waals surface area contributed by atoms with Crippen molar-refractivity contribution in [2.75, 3.05) is 20.3 Å². The molecule has 0 radical (unpaired) electrons. The molecule has 4 heteroatoms. The van der Waals surface area contributed by atoms with Gasteiger partial charge in [-0.1, -0.05) is 23.7 Å². The Morgan fingerprint density at radius 1 is 1.27 bits per heavy atom. The predicted molar refractivity (Wildman–Crippen MR) is 66.9 cm³/mol. The summed E-state index contributed by atoms with van der Waals surface area (Å²) in [7, 11) is 1.72. The molecule has 0 unspecified atom stereocenters. The molecular weight excluding hydrogens is 233 g/mol. The summed E-state index contributed by atoms with van der Waals surface area (Å²) in [6.45, 7) is 2.69. The van der Waals surface area contributed by atoms with Crippen molar-refractivity contribution < 1.29 is 4.74 Å². The summed E-state index contributed by atoms with van der Waals surface area (Å²) < 4.78 is 4.95. The van der Waals surface area contributed by atoms with E-state index in [1.54, 1.807) is 7.11 Å². The molecule has 1 N–H and O–H groups in total. The van der Waals surface area contributed by atoms with E-state index in [2.05, 4.69) is 5.32 Å². The zero-order valence-electron chi connectivity index (χ0n) is 8.83. The largest absolute Gasteiger partial charge is 0.385 e. The van der Waals surface area contributed by atoms with Gasteiger partial charge in [0.15, 0.2) is 0 Å². The Morgan fingerprint density at radius 3 is 2.53 bits per heavy atom. The van der Waals surface area contributed by atoms with Gasteiger partial charge in [-0.2, -0.15) is 0 Å². The highest BCUT2D eigenvalue weighted by molar-refractivity contribution is 6.30. The van der Waals surface area contributed by atoms with E-state index >= 15 is 0 Å². The van der Waals surface area contributed by atoms with Gasteiger partial charge in [0.25, 0.3) is 0 Å². The highest BCUT2D eigenvalue weighted by Crippen LogP contribution is 2.08. The van der Waals surface area contributed by atoms with E-state index < -0.39 is 0 Å². The van der Waals surface area contributed by atoms with Crippen LogP contribution in [-0.2, 0) is 11.3 Å². The molecule has 0 spiro atoms. The minimum Gasteiger partial charge on any atom is -0.385 e. The van der Waals surface area contributed by atoms with Crippen LogP contribution in [0.2, 0.25) is 5.02 Å². The summed E-state index contributed by atoms with van der Waals surface area (Å²) in [5.74, 6) is 0. The molecule has 0 heterocycles. The molecule has 0 saturated carbocycles. The van der Waals surface area contributed by atoms with Crippen molar-refractivity contribution >= 4 is 24.0 Å². The topological polar surface area (TPSA) is 21.3 Å². The van der Waals surface area contributed by atoms with E-state index in [0.717, 1.165) is 31.1 Å². The zero-order chi connectivity index (χ0) is 10.2. The van der Waals surface area contributed by atoms with Gasteiger partial charge in [0.2, 0.25) is 0 Å². The molecule has 0 atom stereocenters. The Morgan fingerprint density at radius 2 is 1.93 bits per heavy atom. The lowest BCUT2D eigenvalue weighted by atomic mass is 10.2. The maximum Gasteiger partial charge on any atom is 0.0474 e. The van der Waals surface area contributed by atoms with Crippen LogP contribution in [0.15, 0.2) is 24.3 Å². The van der Waals surface area contributed by atoms with Crippen molar-refractivity contribution in [3.8, 4) is 0 Å². The van der Waals surface area contributed by atoms with E-state index in [4.69, 9.17) is 16.3 Å². The lowest BCUT2D eigenvalue weighted by molar-refractivity contribution is 0.194. The first-order chi connectivity index (χ1) is 6.83. The Bertz CT molecular complexity index is 251. The molecule has 0 fully saturated rings. The van der Waals surface area contributed by atoms with Crippen LogP contribution in [0.3, 0.4) is 0 Å². The van der Waals surface area contributed by atoms with Crippen LogP contribution in [0, 0.1) is 0 Å². The Kier molecular flexibility index (Phi) is 8.82. The number of methoxy groups -OCH3 is 1. The molecule has 2 nitrogen and oxygen atoms in total. The van der Waals surface area contributed by atoms with Crippen molar-refractivity contribution in [1.29, 1.82) is 0 Å². The molecule has 1 aromatic carbocycles. The normalized spacial score (nSPS) is 9.73. The van der Waals surface area contributed by atoms with E-state index in [0.29, 0.717) is 0 Å². The van der Waals surface area contributed by atoms with Gasteiger partial charge in [0.1, 0.15) is 0 Å². The smallest absolute Gasteiger partial charge is 0.0474 e. The fourth-order valence-corrected chi connectivity index (χ4v) is 1.30. The monoisotopic (exact) mass is 249 g/mol. The van der Waals surface area contributed by atoms with Gasteiger partial charge in [-0.05, 0) is 30.7 Å². The van der Waals surface area contributed by atoms with Gasteiger partial charge in [0, 0.05) is 25.3 Å². The minimum atomic E-state index is 0. The number of rotatable bonds is 6. The van der Waals surface area contributed by atoms with Crippen molar-refractivity contribution in [1.82, 2.24) is 5.32 Å². The van der Waals surface area contributed by atoms with Gasteiger partial charge >= 0.3 is 0 Å². The molecule has 0 aromatic heterocycles. The van der Waals surface area contributed by atoms with Gasteiger partial charge in [0.05, 0.1) is 0 Å². The first-order valence-corrected chi connectivity index (χ1v) is 5.15. The van der Waals surface area contributed by atoms with Crippen LogP contribution in [-0.4, -0.2) is 20.3 Å². The Hall–Kier alpha value is -0.280. The van der Waals surface area contributed by atoms with Crippen molar-refractivity contribution in [2.24, 2.45) is 0 Å². The van der Waals surface area contributed by atoms with Gasteiger partial charge in [-0.3, -0.25) is 0 Å². The highest BCUT2D eigenvalue weighted by atomic mass is 35.5. The molecule has 0 aliphatic carbocycles. The van der Waals surface area contributed by atoms with E-state index in [-0.39, 0.29) is 12.4 Å². The van der Waals surface area contributed by atoms with Crippen molar-refractivity contribution in [3.05, 3.63) is 34.9 Å². The Labute approximate surface area is 102 Å². The lowest BCUT2D eigenvalue weighted by Gasteiger charge is -2.04. The number of nitrogens with one attached hydrogen (secondary N) is 1. The molecule has 0 saturated heterocycles. The average molecular weight is 250 g/mol. The lowest BCUT2D eigenvalue weighted by Crippen LogP contribution is -2.15. The Balaban J connectivity index is 0.00000196. The standard InChI is InChI=1S/C11H16ClNO.ClH/c1-14-8-2-7-13-9-10-3-5-11(12)6-4-10;/h3-6,13H,2,7-9H2,1H3;1H. The second-order valence-corrected chi connectivity index (χ2v) is 3.59. The van der Waals surface area contributed by atoms with Crippen LogP contribution in [0.5, 0.6) is 0 Å². The summed E-state index contributed by atoms with van der Waals surface area (Å²) in [6.07, 6.45) is 1.05. The third kappa shape index (κ3) is 6.74. The first-order valence-electron chi connectivity index (χ1n) is 4.77. The third-order valence-electron chi connectivity index (χ3n) is 1.94. The number of hydrogen-bond donors (Lipinski definition) is 1. The predicted octanol–water partition coefficient (Wildman–Crippen LogP) is 2.89. The first kappa shape index (κ1) is 14.7. The van der Waals surface area contributed by atoms with Crippen LogP contribution in [0.1, 0.15) is 12.0 Å². The van der Waals surface area contributed by atoms with Gasteiger partial charge < -0.3 is 10.1 Å². The summed E-state index contributed by atoms with van der Waals surface area (Å²) in [4.78, 5) is 0. The molecule has 0 amide bonds. The molecule has 1 aromatic rings. The van der Waals surface area contributed by atoms with E-state index in [1.165, 1.54) is 5.56 Å². The molecule has 0 bridgehead atoms. The van der Waals surface area contributed by atoms with Crippen LogP contribution >= 0.6 is 24.0 Å². The number of benzene rings is 1. The average Bonchev–Trinajstić information content (AvgIpc) is 2.21. The minimum absolute atomic E-state index is 0. The highest BCUT2D eigenvalue weighted by Gasteiger charge is 1.92. The van der Waals surface area contributed by atoms with Crippen LogP contribution in [0.25, 0.3) is 0 Å². The fraction of sp³-hybridized carbons (Fsp3) is 0.455.